The Morgan fingerprint density at radius 3 is 2.88 bits per heavy atom. The summed E-state index contributed by atoms with van der Waals surface area (Å²) in [4.78, 5) is 15.0. The molecule has 0 unspecified atom stereocenters. The summed E-state index contributed by atoms with van der Waals surface area (Å²) in [5, 5.41) is 0. The van der Waals surface area contributed by atoms with Gasteiger partial charge in [0, 0.05) is 6.08 Å². The van der Waals surface area contributed by atoms with E-state index in [1.165, 1.54) is 6.20 Å². The van der Waals surface area contributed by atoms with Crippen molar-refractivity contribution in [2.24, 2.45) is 0 Å². The Bertz CT molecular complexity index is 118. The van der Waals surface area contributed by atoms with Crippen molar-refractivity contribution in [3.8, 4) is 0 Å². The van der Waals surface area contributed by atoms with E-state index in [1.807, 2.05) is 0 Å². The molecule has 0 aliphatic carbocycles. The van der Waals surface area contributed by atoms with Crippen molar-refractivity contribution in [3.05, 3.63) is 17.2 Å². The van der Waals surface area contributed by atoms with Crippen molar-refractivity contribution < 1.29 is 40.7 Å². The second kappa shape index (κ2) is 4.03. The fourth-order valence-corrected chi connectivity index (χ4v) is 0.318. The predicted octanol–water partition coefficient (Wildman–Crippen LogP) is -3.15. The Kier molecular flexibility index (Phi) is 4.08. The van der Waals surface area contributed by atoms with Gasteiger partial charge in [0.2, 0.25) is 0 Å². The maximum Gasteiger partial charge on any atom is 1.00 e. The molecule has 0 atom stereocenters. The quantitative estimate of drug-likeness (QED) is 0.274. The molecule has 0 aromatic rings. The van der Waals surface area contributed by atoms with Gasteiger partial charge in [0.25, 0.3) is 6.20 Å². The van der Waals surface area contributed by atoms with Gasteiger partial charge in [0.15, 0.2) is 4.87 Å². The van der Waals surface area contributed by atoms with Crippen molar-refractivity contribution in [2.75, 3.05) is 6.61 Å². The molecule has 4 nitrogen and oxygen atoms in total. The summed E-state index contributed by atoms with van der Waals surface area (Å²) in [7, 11) is 0. The van der Waals surface area contributed by atoms with Crippen molar-refractivity contribution in [2.45, 2.75) is 0 Å². The van der Waals surface area contributed by atoms with Crippen LogP contribution < -0.4 is 35.1 Å². The van der Waals surface area contributed by atoms with Gasteiger partial charge in [0.1, 0.15) is 6.61 Å². The fraction of sp³-hybridized carbons (Fsp3) is 0.333. The molecule has 1 heterocycles. The topological polar surface area (TPSA) is 41.3 Å². The minimum absolute atomic E-state index is 0. The number of nitroso groups, excluding NO2 is 1. The Morgan fingerprint density at radius 2 is 2.62 bits per heavy atom. The van der Waals surface area contributed by atoms with Gasteiger partial charge in [-0.25, -0.2) is 4.84 Å². The number of nitrogens with zero attached hydrogens (tertiary/aromatic N) is 1. The minimum atomic E-state index is 0. The van der Waals surface area contributed by atoms with Crippen LogP contribution in [0.3, 0.4) is 0 Å². The van der Waals surface area contributed by atoms with Gasteiger partial charge in [-0.15, -0.1) is 0 Å². The summed E-state index contributed by atoms with van der Waals surface area (Å²) < 4.78 is 0. The van der Waals surface area contributed by atoms with Crippen LogP contribution in [0.25, 0.3) is 0 Å². The standard InChI is InChI=1S/C3H5N2O2.Na.H/c6-5-2-1-3-7-4-5;;/h1-2H,3H2,(H,4,6);;/q2*+1;-1. The van der Waals surface area contributed by atoms with Crippen molar-refractivity contribution in [1.82, 2.24) is 5.59 Å². The van der Waals surface area contributed by atoms with Crippen LogP contribution in [0, 0.1) is 4.91 Å². The van der Waals surface area contributed by atoms with E-state index in [-0.39, 0.29) is 31.0 Å². The Morgan fingerprint density at radius 1 is 1.88 bits per heavy atom. The van der Waals surface area contributed by atoms with Crippen LogP contribution in [-0.4, -0.2) is 11.5 Å². The van der Waals surface area contributed by atoms with Gasteiger partial charge in [-0.1, -0.05) is 0 Å². The van der Waals surface area contributed by atoms with E-state index in [1.54, 1.807) is 6.08 Å². The molecule has 1 aliphatic heterocycles. The molecular weight excluding hydrogens is 119 g/mol. The normalized spacial score (nSPS) is 16.8. The van der Waals surface area contributed by atoms with Crippen LogP contribution >= 0.6 is 0 Å². The van der Waals surface area contributed by atoms with Crippen LogP contribution in [0.15, 0.2) is 12.3 Å². The Labute approximate surface area is 70.2 Å². The molecule has 0 amide bonds. The third kappa shape index (κ3) is 2.42. The molecule has 1 rings (SSSR count). The van der Waals surface area contributed by atoms with E-state index < -0.39 is 0 Å². The molecule has 40 valence electrons. The van der Waals surface area contributed by atoms with Crippen molar-refractivity contribution in [3.63, 3.8) is 0 Å². The summed E-state index contributed by atoms with van der Waals surface area (Å²) >= 11 is 0. The molecule has 0 fully saturated rings. The van der Waals surface area contributed by atoms with E-state index in [9.17, 15) is 4.91 Å². The monoisotopic (exact) mass is 125 g/mol. The molecular formula is C3H6N2NaO2+. The first-order valence-corrected chi connectivity index (χ1v) is 1.90. The molecule has 0 radical (unpaired) electrons. The summed E-state index contributed by atoms with van der Waals surface area (Å²) in [5.74, 6) is 0. The third-order valence-electron chi connectivity index (χ3n) is 0.575. The molecule has 0 spiro atoms. The SMILES string of the molecule is O=[N+]1C=CCON1.[H-].[Na+]. The van der Waals surface area contributed by atoms with Crippen LogP contribution in [0.4, 0.5) is 0 Å². The maximum absolute atomic E-state index is 10.1. The molecule has 1 aliphatic rings. The van der Waals surface area contributed by atoms with Gasteiger partial charge >= 0.3 is 29.6 Å². The van der Waals surface area contributed by atoms with Crippen LogP contribution in [-0.2, 0) is 4.84 Å². The largest absolute Gasteiger partial charge is 1.00 e. The smallest absolute Gasteiger partial charge is 1.00 e. The average molecular weight is 125 g/mol. The Hall–Kier alpha value is 0.1000. The van der Waals surface area contributed by atoms with Gasteiger partial charge in [0.05, 0.1) is 4.91 Å². The van der Waals surface area contributed by atoms with Gasteiger partial charge in [-0.05, 0) is 5.59 Å². The fourth-order valence-electron chi connectivity index (χ4n) is 0.318. The average Bonchev–Trinajstić information content (AvgIpc) is 1.69. The second-order valence-corrected chi connectivity index (χ2v) is 1.11. The zero-order valence-corrected chi connectivity index (χ0v) is 6.63. The first-order chi connectivity index (χ1) is 3.39. The number of hydrogen-bond acceptors (Lipinski definition) is 2. The second-order valence-electron chi connectivity index (χ2n) is 1.11. The third-order valence-corrected chi connectivity index (χ3v) is 0.575. The van der Waals surface area contributed by atoms with Crippen LogP contribution in [0.1, 0.15) is 1.43 Å². The van der Waals surface area contributed by atoms with E-state index in [2.05, 4.69) is 10.4 Å². The summed E-state index contributed by atoms with van der Waals surface area (Å²) in [5.41, 5.74) is 2.07. The van der Waals surface area contributed by atoms with E-state index in [0.29, 0.717) is 11.5 Å². The zero-order chi connectivity index (χ0) is 5.11. The van der Waals surface area contributed by atoms with E-state index >= 15 is 0 Å². The maximum atomic E-state index is 10.1. The van der Waals surface area contributed by atoms with Crippen LogP contribution in [0.2, 0.25) is 0 Å². The van der Waals surface area contributed by atoms with E-state index in [4.69, 9.17) is 0 Å². The molecule has 0 bridgehead atoms. The van der Waals surface area contributed by atoms with Crippen LogP contribution in [0.5, 0.6) is 0 Å². The summed E-state index contributed by atoms with van der Waals surface area (Å²) in [6.07, 6.45) is 2.97. The molecule has 0 aromatic heterocycles. The molecule has 0 aromatic carbocycles. The number of hydrogen-bond donors (Lipinski definition) is 1. The number of hydrazine groups is 1. The first kappa shape index (κ1) is 8.10. The molecule has 0 saturated carbocycles. The molecule has 1 N–H and O–H groups in total. The number of nitrogens with one attached hydrogen (secondary N) is 1. The van der Waals surface area contributed by atoms with Gasteiger partial charge in [-0.2, -0.15) is 0 Å². The first-order valence-electron chi connectivity index (χ1n) is 1.90. The molecule has 0 saturated heterocycles. The molecule has 8 heavy (non-hydrogen) atoms. The van der Waals surface area contributed by atoms with Crippen molar-refractivity contribution >= 4 is 0 Å². The van der Waals surface area contributed by atoms with E-state index in [0.717, 1.165) is 0 Å². The van der Waals surface area contributed by atoms with Crippen molar-refractivity contribution in [1.29, 1.82) is 0 Å². The minimum Gasteiger partial charge on any atom is -1.00 e. The van der Waals surface area contributed by atoms with Gasteiger partial charge < -0.3 is 1.43 Å². The Balaban J connectivity index is 0. The zero-order valence-electron chi connectivity index (χ0n) is 5.63. The van der Waals surface area contributed by atoms with Gasteiger partial charge in [-0.3, -0.25) is 0 Å². The molecule has 5 heteroatoms. The summed E-state index contributed by atoms with van der Waals surface area (Å²) in [6.45, 7) is 0.457. The number of rotatable bonds is 0. The predicted molar refractivity (Wildman–Crippen MR) is 23.0 cm³/mol. The summed E-state index contributed by atoms with van der Waals surface area (Å²) in [6, 6.07) is 0.